The Hall–Kier alpha value is -1.04. The number of aromatic nitrogens is 1. The summed E-state index contributed by atoms with van der Waals surface area (Å²) < 4.78 is 43.9. The van der Waals surface area contributed by atoms with Crippen molar-refractivity contribution in [2.75, 3.05) is 0 Å². The van der Waals surface area contributed by atoms with Crippen LogP contribution < -0.4 is 0 Å². The topological polar surface area (TPSA) is 35.3 Å². The lowest BCUT2D eigenvalue weighted by Crippen LogP contribution is -2.34. The molecule has 0 spiro atoms. The van der Waals surface area contributed by atoms with Crippen LogP contribution in [0.5, 0.6) is 0 Å². The average Bonchev–Trinajstić information content (AvgIpc) is 2.45. The molecule has 1 aromatic rings. The lowest BCUT2D eigenvalue weighted by atomic mass is 9.81. The zero-order chi connectivity index (χ0) is 10.2. The largest absolute Gasteiger partial charge is 0.522 e. The van der Waals surface area contributed by atoms with Crippen LogP contribution in [0.25, 0.3) is 0 Å². The van der Waals surface area contributed by atoms with Crippen LogP contribution in [0.1, 0.15) is 24.5 Å². The zero-order valence-corrected chi connectivity index (χ0v) is 7.04. The van der Waals surface area contributed by atoms with Gasteiger partial charge >= 0.3 is 6.36 Å². The van der Waals surface area contributed by atoms with Gasteiger partial charge in [0.25, 0.3) is 6.39 Å². The maximum absolute atomic E-state index is 11.7. The van der Waals surface area contributed by atoms with E-state index < -0.39 is 12.5 Å². The van der Waals surface area contributed by atoms with E-state index in [1.54, 1.807) is 0 Å². The van der Waals surface area contributed by atoms with Crippen molar-refractivity contribution in [3.63, 3.8) is 0 Å². The predicted octanol–water partition coefficient (Wildman–Crippen LogP) is 2.26. The van der Waals surface area contributed by atoms with Gasteiger partial charge in [-0.05, 0) is 12.8 Å². The van der Waals surface area contributed by atoms with Crippen LogP contribution in [0.15, 0.2) is 10.6 Å². The molecule has 0 N–H and O–H groups in total. The van der Waals surface area contributed by atoms with E-state index in [2.05, 4.69) is 16.1 Å². The zero-order valence-electron chi connectivity index (χ0n) is 7.04. The van der Waals surface area contributed by atoms with Crippen molar-refractivity contribution in [3.05, 3.63) is 18.4 Å². The van der Waals surface area contributed by atoms with E-state index in [1.807, 2.05) is 0 Å². The molecule has 0 atom stereocenters. The summed E-state index contributed by atoms with van der Waals surface area (Å²) >= 11 is 0. The summed E-state index contributed by atoms with van der Waals surface area (Å²) in [5.74, 6) is 0.563. The van der Waals surface area contributed by atoms with E-state index in [1.165, 1.54) is 6.20 Å². The van der Waals surface area contributed by atoms with Gasteiger partial charge in [-0.15, -0.1) is 13.2 Å². The summed E-state index contributed by atoms with van der Waals surface area (Å²) in [7, 11) is 0. The third-order valence-corrected chi connectivity index (χ3v) is 2.21. The van der Waals surface area contributed by atoms with Crippen molar-refractivity contribution in [2.24, 2.45) is 0 Å². The Kier molecular flexibility index (Phi) is 2.22. The highest BCUT2D eigenvalue weighted by Crippen LogP contribution is 2.40. The molecular weight excluding hydrogens is 199 g/mol. The van der Waals surface area contributed by atoms with Crippen molar-refractivity contribution < 1.29 is 22.3 Å². The minimum absolute atomic E-state index is 0.0129. The second-order valence-corrected chi connectivity index (χ2v) is 3.21. The van der Waals surface area contributed by atoms with Gasteiger partial charge in [-0.1, -0.05) is 0 Å². The summed E-state index contributed by atoms with van der Waals surface area (Å²) in [5.41, 5.74) is 0. The normalized spacial score (nSPS) is 27.4. The van der Waals surface area contributed by atoms with Gasteiger partial charge in [0.2, 0.25) is 0 Å². The molecule has 3 nitrogen and oxygen atoms in total. The Morgan fingerprint density at radius 3 is 2.71 bits per heavy atom. The quantitative estimate of drug-likeness (QED) is 0.744. The first-order valence-electron chi connectivity index (χ1n) is 4.11. The van der Waals surface area contributed by atoms with Gasteiger partial charge in [0, 0.05) is 5.92 Å². The van der Waals surface area contributed by atoms with E-state index in [0.29, 0.717) is 18.6 Å². The van der Waals surface area contributed by atoms with E-state index in [0.717, 1.165) is 0 Å². The first-order chi connectivity index (χ1) is 6.54. The lowest BCUT2D eigenvalue weighted by molar-refractivity contribution is -0.352. The van der Waals surface area contributed by atoms with Crippen LogP contribution in [-0.4, -0.2) is 17.5 Å². The Balaban J connectivity index is 1.80. The molecule has 0 aromatic carbocycles. The molecule has 2 rings (SSSR count). The smallest absolute Gasteiger partial charge is 0.437 e. The summed E-state index contributed by atoms with van der Waals surface area (Å²) in [6.45, 7) is 0. The number of nitrogens with zero attached hydrogens (tertiary/aromatic N) is 1. The van der Waals surface area contributed by atoms with Gasteiger partial charge in [-0.2, -0.15) is 0 Å². The van der Waals surface area contributed by atoms with Crippen LogP contribution >= 0.6 is 0 Å². The molecule has 1 heterocycles. The number of oxazole rings is 1. The fourth-order valence-corrected chi connectivity index (χ4v) is 1.47. The molecule has 1 aliphatic rings. The molecule has 14 heavy (non-hydrogen) atoms. The summed E-state index contributed by atoms with van der Waals surface area (Å²) in [5, 5.41) is 0. The minimum Gasteiger partial charge on any atom is -0.437 e. The monoisotopic (exact) mass is 206 g/mol. The Morgan fingerprint density at radius 2 is 2.21 bits per heavy atom. The number of ether oxygens (including phenoxy) is 1. The van der Waals surface area contributed by atoms with Crippen LogP contribution in [0, 0.1) is 6.39 Å². The first kappa shape index (κ1) is 9.51. The van der Waals surface area contributed by atoms with Crippen LogP contribution in [0.2, 0.25) is 0 Å². The molecule has 0 saturated heterocycles. The first-order valence-corrected chi connectivity index (χ1v) is 4.11. The Labute approximate surface area is 77.9 Å². The molecular formula is C8H7F3NO2. The molecule has 1 saturated carbocycles. The molecule has 6 heteroatoms. The van der Waals surface area contributed by atoms with Gasteiger partial charge in [0.15, 0.2) is 0 Å². The summed E-state index contributed by atoms with van der Waals surface area (Å²) in [6, 6.07) is 0. The molecule has 1 radical (unpaired) electrons. The maximum Gasteiger partial charge on any atom is 0.522 e. The third-order valence-electron chi connectivity index (χ3n) is 2.21. The van der Waals surface area contributed by atoms with E-state index in [4.69, 9.17) is 4.42 Å². The molecule has 0 amide bonds. The van der Waals surface area contributed by atoms with Gasteiger partial charge in [0.05, 0.1) is 12.3 Å². The highest BCUT2D eigenvalue weighted by molar-refractivity contribution is 5.05. The van der Waals surface area contributed by atoms with Gasteiger partial charge in [-0.25, -0.2) is 4.98 Å². The van der Waals surface area contributed by atoms with Crippen molar-refractivity contribution in [1.82, 2.24) is 4.98 Å². The number of alkyl halides is 3. The average molecular weight is 206 g/mol. The van der Waals surface area contributed by atoms with Gasteiger partial charge in [0.1, 0.15) is 5.76 Å². The van der Waals surface area contributed by atoms with Gasteiger partial charge < -0.3 is 4.42 Å². The maximum atomic E-state index is 11.7. The highest BCUT2D eigenvalue weighted by atomic mass is 19.4. The molecule has 1 aromatic heterocycles. The predicted molar refractivity (Wildman–Crippen MR) is 38.2 cm³/mol. The number of halogens is 3. The number of hydrogen-bond acceptors (Lipinski definition) is 3. The number of rotatable bonds is 2. The third kappa shape index (κ3) is 2.06. The highest BCUT2D eigenvalue weighted by Gasteiger charge is 2.41. The van der Waals surface area contributed by atoms with E-state index in [-0.39, 0.29) is 5.92 Å². The van der Waals surface area contributed by atoms with Crippen molar-refractivity contribution in [1.29, 1.82) is 0 Å². The number of hydrogen-bond donors (Lipinski definition) is 0. The van der Waals surface area contributed by atoms with Crippen molar-refractivity contribution in [3.8, 4) is 0 Å². The molecule has 0 unspecified atom stereocenters. The van der Waals surface area contributed by atoms with Gasteiger partial charge in [-0.3, -0.25) is 4.74 Å². The fourth-order valence-electron chi connectivity index (χ4n) is 1.47. The molecule has 1 fully saturated rings. The standard InChI is InChI=1S/C8H7F3NO2/c9-8(10,11)14-6-1-5(2-6)7-3-12-4-13-7/h3,5-6H,1-2H2. The minimum atomic E-state index is -4.54. The lowest BCUT2D eigenvalue weighted by Gasteiger charge is -2.33. The Bertz CT molecular complexity index is 290. The summed E-state index contributed by atoms with van der Waals surface area (Å²) in [6.07, 6.45) is -0.919. The molecule has 0 aliphatic heterocycles. The SMILES string of the molecule is FC(F)(F)OC1CC(c2cn[c]o2)C1. The van der Waals surface area contributed by atoms with Crippen LogP contribution in [0.4, 0.5) is 13.2 Å². The molecule has 1 aliphatic carbocycles. The van der Waals surface area contributed by atoms with Crippen molar-refractivity contribution >= 4 is 0 Å². The van der Waals surface area contributed by atoms with E-state index in [9.17, 15) is 13.2 Å². The second-order valence-electron chi connectivity index (χ2n) is 3.21. The van der Waals surface area contributed by atoms with Crippen molar-refractivity contribution in [2.45, 2.75) is 31.2 Å². The van der Waals surface area contributed by atoms with Crippen LogP contribution in [-0.2, 0) is 4.74 Å². The Morgan fingerprint density at radius 1 is 1.50 bits per heavy atom. The summed E-state index contributed by atoms with van der Waals surface area (Å²) in [4.78, 5) is 3.57. The molecule has 0 bridgehead atoms. The second kappa shape index (κ2) is 3.27. The van der Waals surface area contributed by atoms with Crippen LogP contribution in [0.3, 0.4) is 0 Å². The molecule has 77 valence electrons. The fraction of sp³-hybridized carbons (Fsp3) is 0.625. The van der Waals surface area contributed by atoms with E-state index >= 15 is 0 Å².